The van der Waals surface area contributed by atoms with Gasteiger partial charge in [-0.25, -0.2) is 0 Å². The molecule has 1 nitrogen and oxygen atoms in total. The molecule has 0 fully saturated rings. The quantitative estimate of drug-likeness (QED) is 0.776. The summed E-state index contributed by atoms with van der Waals surface area (Å²) in [4.78, 5) is 0. The summed E-state index contributed by atoms with van der Waals surface area (Å²) in [5.41, 5.74) is 2.56. The van der Waals surface area contributed by atoms with Gasteiger partial charge < -0.3 is 5.32 Å². The molecule has 1 N–H and O–H groups in total. The molecule has 0 unspecified atom stereocenters. The molecule has 0 amide bonds. The topological polar surface area (TPSA) is 12.0 Å². The van der Waals surface area contributed by atoms with Crippen LogP contribution in [0.2, 0.25) is 5.02 Å². The average Bonchev–Trinajstić information content (AvgIpc) is 2.23. The molecule has 0 atom stereocenters. The maximum atomic E-state index is 6.15. The molecule has 0 aliphatic heterocycles. The van der Waals surface area contributed by atoms with E-state index in [1.807, 2.05) is 18.2 Å². The second-order valence-electron chi connectivity index (χ2n) is 5.33. The Kier molecular flexibility index (Phi) is 5.23. The van der Waals surface area contributed by atoms with Crippen LogP contribution in [0.4, 0.5) is 0 Å². The van der Waals surface area contributed by atoms with Gasteiger partial charge in [0.2, 0.25) is 0 Å². The molecule has 17 heavy (non-hydrogen) atoms. The monoisotopic (exact) mass is 251 g/mol. The maximum Gasteiger partial charge on any atom is 0.0480 e. The molecule has 0 aliphatic rings. The lowest BCUT2D eigenvalue weighted by Crippen LogP contribution is -2.36. The molecule has 0 heterocycles. The Morgan fingerprint density at radius 2 is 1.94 bits per heavy atom. The third kappa shape index (κ3) is 5.38. The van der Waals surface area contributed by atoms with Crippen LogP contribution in [-0.4, -0.2) is 12.1 Å². The molecular formula is C15H22ClN. The number of rotatable bonds is 4. The largest absolute Gasteiger partial charge is 0.312 e. The van der Waals surface area contributed by atoms with Gasteiger partial charge in [-0.2, -0.15) is 0 Å². The third-order valence-electron chi connectivity index (χ3n) is 2.55. The summed E-state index contributed by atoms with van der Waals surface area (Å²) in [6.07, 6.45) is 3.26. The smallest absolute Gasteiger partial charge is 0.0480 e. The minimum Gasteiger partial charge on any atom is -0.312 e. The normalized spacial score (nSPS) is 12.9. The highest BCUT2D eigenvalue weighted by Crippen LogP contribution is 2.23. The van der Waals surface area contributed by atoms with Gasteiger partial charge in [0.15, 0.2) is 0 Å². The SMILES string of the molecule is CC(=CCCNC(C)(C)C)c1ccccc1Cl. The molecule has 0 radical (unpaired) electrons. The van der Waals surface area contributed by atoms with Crippen LogP contribution < -0.4 is 5.32 Å². The number of allylic oxidation sites excluding steroid dienone is 1. The van der Waals surface area contributed by atoms with Gasteiger partial charge in [-0.3, -0.25) is 0 Å². The van der Waals surface area contributed by atoms with Crippen molar-refractivity contribution in [1.29, 1.82) is 0 Å². The Bertz CT molecular complexity index is 388. The predicted octanol–water partition coefficient (Wildman–Crippen LogP) is 4.52. The van der Waals surface area contributed by atoms with Gasteiger partial charge in [0.1, 0.15) is 0 Å². The first-order chi connectivity index (χ1) is 7.90. The van der Waals surface area contributed by atoms with Gasteiger partial charge in [-0.05, 0) is 57.9 Å². The Morgan fingerprint density at radius 3 is 2.53 bits per heavy atom. The van der Waals surface area contributed by atoms with E-state index in [2.05, 4.69) is 45.2 Å². The number of hydrogen-bond acceptors (Lipinski definition) is 1. The van der Waals surface area contributed by atoms with Gasteiger partial charge in [0.05, 0.1) is 0 Å². The lowest BCUT2D eigenvalue weighted by atomic mass is 10.1. The van der Waals surface area contributed by atoms with Crippen molar-refractivity contribution in [2.45, 2.75) is 39.7 Å². The zero-order chi connectivity index (χ0) is 12.9. The number of halogens is 1. The molecule has 0 aromatic heterocycles. The number of hydrogen-bond donors (Lipinski definition) is 1. The molecule has 0 saturated carbocycles. The van der Waals surface area contributed by atoms with E-state index in [1.165, 1.54) is 5.57 Å². The second kappa shape index (κ2) is 6.23. The highest BCUT2D eigenvalue weighted by molar-refractivity contribution is 6.32. The van der Waals surface area contributed by atoms with Crippen LogP contribution in [0.25, 0.3) is 5.57 Å². The van der Waals surface area contributed by atoms with Crippen molar-refractivity contribution in [1.82, 2.24) is 5.32 Å². The lowest BCUT2D eigenvalue weighted by molar-refractivity contribution is 0.431. The van der Waals surface area contributed by atoms with Gasteiger partial charge in [0.25, 0.3) is 0 Å². The van der Waals surface area contributed by atoms with Crippen molar-refractivity contribution in [3.05, 3.63) is 40.9 Å². The minimum absolute atomic E-state index is 0.187. The molecular weight excluding hydrogens is 230 g/mol. The molecule has 0 saturated heterocycles. The highest BCUT2D eigenvalue weighted by atomic mass is 35.5. The zero-order valence-corrected chi connectivity index (χ0v) is 11.9. The van der Waals surface area contributed by atoms with Crippen LogP contribution in [0.1, 0.15) is 39.7 Å². The van der Waals surface area contributed by atoms with E-state index in [1.54, 1.807) is 0 Å². The van der Waals surface area contributed by atoms with Crippen molar-refractivity contribution < 1.29 is 0 Å². The van der Waals surface area contributed by atoms with E-state index < -0.39 is 0 Å². The number of nitrogens with one attached hydrogen (secondary N) is 1. The zero-order valence-electron chi connectivity index (χ0n) is 11.2. The molecule has 1 aromatic carbocycles. The fourth-order valence-corrected chi connectivity index (χ4v) is 1.91. The van der Waals surface area contributed by atoms with Crippen molar-refractivity contribution in [3.8, 4) is 0 Å². The fraction of sp³-hybridized carbons (Fsp3) is 0.467. The van der Waals surface area contributed by atoms with Crippen molar-refractivity contribution in [3.63, 3.8) is 0 Å². The highest BCUT2D eigenvalue weighted by Gasteiger charge is 2.06. The average molecular weight is 252 g/mol. The van der Waals surface area contributed by atoms with Gasteiger partial charge in [0, 0.05) is 10.6 Å². The Balaban J connectivity index is 2.53. The third-order valence-corrected chi connectivity index (χ3v) is 2.88. The van der Waals surface area contributed by atoms with Crippen molar-refractivity contribution in [2.75, 3.05) is 6.54 Å². The predicted molar refractivity (Wildman–Crippen MR) is 77.5 cm³/mol. The summed E-state index contributed by atoms with van der Waals surface area (Å²) >= 11 is 6.15. The summed E-state index contributed by atoms with van der Waals surface area (Å²) in [5.74, 6) is 0. The Labute approximate surface area is 110 Å². The van der Waals surface area contributed by atoms with Crippen LogP contribution in [-0.2, 0) is 0 Å². The minimum atomic E-state index is 0.187. The van der Waals surface area contributed by atoms with E-state index in [9.17, 15) is 0 Å². The van der Waals surface area contributed by atoms with Gasteiger partial charge >= 0.3 is 0 Å². The molecule has 94 valence electrons. The molecule has 0 aliphatic carbocycles. The van der Waals surface area contributed by atoms with Crippen molar-refractivity contribution >= 4 is 17.2 Å². The molecule has 2 heteroatoms. The lowest BCUT2D eigenvalue weighted by Gasteiger charge is -2.19. The Hall–Kier alpha value is -0.790. The van der Waals surface area contributed by atoms with Crippen LogP contribution >= 0.6 is 11.6 Å². The molecule has 1 aromatic rings. The van der Waals surface area contributed by atoms with Gasteiger partial charge in [-0.15, -0.1) is 0 Å². The first kappa shape index (κ1) is 14.3. The maximum absolute atomic E-state index is 6.15. The van der Waals surface area contributed by atoms with Crippen LogP contribution in [0.3, 0.4) is 0 Å². The van der Waals surface area contributed by atoms with Crippen LogP contribution in [0.15, 0.2) is 30.3 Å². The van der Waals surface area contributed by atoms with Gasteiger partial charge in [-0.1, -0.05) is 35.9 Å². The van der Waals surface area contributed by atoms with Crippen LogP contribution in [0, 0.1) is 0 Å². The molecule has 0 bridgehead atoms. The second-order valence-corrected chi connectivity index (χ2v) is 5.74. The number of benzene rings is 1. The van der Waals surface area contributed by atoms with E-state index >= 15 is 0 Å². The van der Waals surface area contributed by atoms with E-state index in [4.69, 9.17) is 11.6 Å². The Morgan fingerprint density at radius 1 is 1.29 bits per heavy atom. The van der Waals surface area contributed by atoms with E-state index in [0.717, 1.165) is 23.6 Å². The summed E-state index contributed by atoms with van der Waals surface area (Å²) in [6, 6.07) is 7.97. The fourth-order valence-electron chi connectivity index (χ4n) is 1.63. The molecule has 1 rings (SSSR count). The molecule has 0 spiro atoms. The van der Waals surface area contributed by atoms with Crippen LogP contribution in [0.5, 0.6) is 0 Å². The standard InChI is InChI=1S/C15H22ClN/c1-12(8-7-11-17-15(2,3)4)13-9-5-6-10-14(13)16/h5-6,8-10,17H,7,11H2,1-4H3. The summed E-state index contributed by atoms with van der Waals surface area (Å²) in [5, 5.41) is 4.29. The summed E-state index contributed by atoms with van der Waals surface area (Å²) < 4.78 is 0. The van der Waals surface area contributed by atoms with E-state index in [-0.39, 0.29) is 5.54 Å². The van der Waals surface area contributed by atoms with Crippen molar-refractivity contribution in [2.24, 2.45) is 0 Å². The van der Waals surface area contributed by atoms with E-state index in [0.29, 0.717) is 0 Å². The summed E-state index contributed by atoms with van der Waals surface area (Å²) in [7, 11) is 0. The summed E-state index contributed by atoms with van der Waals surface area (Å²) in [6.45, 7) is 9.64. The first-order valence-electron chi connectivity index (χ1n) is 6.07. The first-order valence-corrected chi connectivity index (χ1v) is 6.44.